The molecule has 0 spiro atoms. The maximum absolute atomic E-state index is 11.9. The molecule has 7 heteroatoms. The minimum absolute atomic E-state index is 0.00202. The van der Waals surface area contributed by atoms with Gasteiger partial charge in [-0.05, 0) is 50.8 Å². The fourth-order valence-corrected chi connectivity index (χ4v) is 3.42. The second-order valence-corrected chi connectivity index (χ2v) is 6.86. The highest BCUT2D eigenvalue weighted by molar-refractivity contribution is 6.31. The van der Waals surface area contributed by atoms with Crippen LogP contribution in [0.3, 0.4) is 0 Å². The third kappa shape index (κ3) is 6.31. The summed E-state index contributed by atoms with van der Waals surface area (Å²) in [6.45, 7) is 7.40. The molecular weight excluding hydrogens is 366 g/mol. The van der Waals surface area contributed by atoms with Gasteiger partial charge in [0.1, 0.15) is 5.75 Å². The van der Waals surface area contributed by atoms with Crippen LogP contribution in [0.1, 0.15) is 32.3 Å². The highest BCUT2D eigenvalue weighted by Gasteiger charge is 2.27. The molecule has 1 aromatic carbocycles. The number of guanidine groups is 1. The van der Waals surface area contributed by atoms with E-state index in [1.807, 2.05) is 25.1 Å². The van der Waals surface area contributed by atoms with Crippen molar-refractivity contribution in [3.63, 3.8) is 0 Å². The van der Waals surface area contributed by atoms with Gasteiger partial charge in [0.25, 0.3) is 0 Å². The zero-order chi connectivity index (χ0) is 19.6. The van der Waals surface area contributed by atoms with Crippen LogP contribution in [0.25, 0.3) is 0 Å². The van der Waals surface area contributed by atoms with Crippen LogP contribution in [-0.2, 0) is 16.0 Å². The number of hydrogen-bond acceptors (Lipinski definition) is 4. The van der Waals surface area contributed by atoms with Gasteiger partial charge in [-0.25, -0.2) is 0 Å². The lowest BCUT2D eigenvalue weighted by molar-refractivity contribution is -0.149. The molecule has 0 saturated carbocycles. The number of nitrogens with one attached hydrogen (secondary N) is 1. The Morgan fingerprint density at radius 2 is 2.07 bits per heavy atom. The Morgan fingerprint density at radius 3 is 2.67 bits per heavy atom. The number of methoxy groups -OCH3 is 1. The van der Waals surface area contributed by atoms with E-state index in [0.717, 1.165) is 56.2 Å². The average Bonchev–Trinajstić information content (AvgIpc) is 2.68. The number of benzene rings is 1. The van der Waals surface area contributed by atoms with Crippen LogP contribution in [0, 0.1) is 5.92 Å². The van der Waals surface area contributed by atoms with Crippen molar-refractivity contribution in [3.8, 4) is 5.75 Å². The average molecular weight is 396 g/mol. The number of ether oxygens (including phenoxy) is 2. The van der Waals surface area contributed by atoms with E-state index >= 15 is 0 Å². The maximum Gasteiger partial charge on any atom is 0.309 e. The van der Waals surface area contributed by atoms with Crippen molar-refractivity contribution in [2.24, 2.45) is 10.9 Å². The van der Waals surface area contributed by atoms with Crippen molar-refractivity contribution in [2.45, 2.75) is 33.1 Å². The van der Waals surface area contributed by atoms with Crippen LogP contribution in [0.2, 0.25) is 5.02 Å². The fraction of sp³-hybridized carbons (Fsp3) is 0.600. The van der Waals surface area contributed by atoms with E-state index in [0.29, 0.717) is 18.2 Å². The lowest BCUT2D eigenvalue weighted by atomic mass is 9.97. The molecule has 1 aliphatic rings. The van der Waals surface area contributed by atoms with Crippen LogP contribution >= 0.6 is 11.6 Å². The Labute approximate surface area is 166 Å². The SMILES string of the molecule is CCNC(=NCCc1ccc(OC)cc1Cl)N1CCC(C(=O)OCC)CC1. The van der Waals surface area contributed by atoms with Crippen molar-refractivity contribution in [1.82, 2.24) is 10.2 Å². The molecule has 150 valence electrons. The summed E-state index contributed by atoms with van der Waals surface area (Å²) in [6, 6.07) is 5.72. The zero-order valence-corrected chi connectivity index (χ0v) is 17.2. The summed E-state index contributed by atoms with van der Waals surface area (Å²) < 4.78 is 10.3. The Balaban J connectivity index is 1.92. The molecule has 0 atom stereocenters. The standard InChI is InChI=1S/C20H30ClN3O3/c1-4-22-20(24-12-9-16(10-13-24)19(25)27-5-2)23-11-8-15-6-7-17(26-3)14-18(15)21/h6-7,14,16H,4-5,8-13H2,1-3H3,(H,22,23). The highest BCUT2D eigenvalue weighted by Crippen LogP contribution is 2.23. The largest absolute Gasteiger partial charge is 0.497 e. The lowest BCUT2D eigenvalue weighted by Crippen LogP contribution is -2.46. The molecule has 1 fully saturated rings. The molecular formula is C20H30ClN3O3. The van der Waals surface area contributed by atoms with Crippen molar-refractivity contribution < 1.29 is 14.3 Å². The van der Waals surface area contributed by atoms with E-state index < -0.39 is 0 Å². The topological polar surface area (TPSA) is 63.2 Å². The summed E-state index contributed by atoms with van der Waals surface area (Å²) >= 11 is 6.31. The molecule has 2 rings (SSSR count). The molecule has 0 bridgehead atoms. The number of piperidine rings is 1. The first-order valence-corrected chi connectivity index (χ1v) is 9.99. The summed E-state index contributed by atoms with van der Waals surface area (Å²) in [6.07, 6.45) is 2.36. The number of carbonyl (C=O) groups excluding carboxylic acids is 1. The number of likely N-dealkylation sites (tertiary alicyclic amines) is 1. The predicted molar refractivity (Wildman–Crippen MR) is 109 cm³/mol. The Bertz CT molecular complexity index is 643. The summed E-state index contributed by atoms with van der Waals surface area (Å²) in [7, 11) is 1.63. The molecule has 1 N–H and O–H groups in total. The van der Waals surface area contributed by atoms with Crippen LogP contribution < -0.4 is 10.1 Å². The normalized spacial score (nSPS) is 15.6. The Kier molecular flexibility index (Phi) is 8.72. The van der Waals surface area contributed by atoms with Crippen LogP contribution in [0.15, 0.2) is 23.2 Å². The first-order chi connectivity index (χ1) is 13.1. The van der Waals surface area contributed by atoms with E-state index in [9.17, 15) is 4.79 Å². The monoisotopic (exact) mass is 395 g/mol. The number of rotatable bonds is 7. The van der Waals surface area contributed by atoms with Gasteiger partial charge in [0.2, 0.25) is 0 Å². The Hall–Kier alpha value is -1.95. The number of halogens is 1. The van der Waals surface area contributed by atoms with Gasteiger partial charge < -0.3 is 19.7 Å². The van der Waals surface area contributed by atoms with Crippen LogP contribution in [0.5, 0.6) is 5.75 Å². The highest BCUT2D eigenvalue weighted by atomic mass is 35.5. The minimum atomic E-state index is -0.0757. The van der Waals surface area contributed by atoms with Gasteiger partial charge in [-0.3, -0.25) is 9.79 Å². The van der Waals surface area contributed by atoms with Gasteiger partial charge in [0, 0.05) is 31.2 Å². The van der Waals surface area contributed by atoms with Gasteiger partial charge in [-0.2, -0.15) is 0 Å². The van der Waals surface area contributed by atoms with Gasteiger partial charge in [-0.1, -0.05) is 17.7 Å². The van der Waals surface area contributed by atoms with E-state index in [1.54, 1.807) is 7.11 Å². The third-order valence-corrected chi connectivity index (χ3v) is 5.00. The number of esters is 1. The predicted octanol–water partition coefficient (Wildman–Crippen LogP) is 3.13. The summed E-state index contributed by atoms with van der Waals surface area (Å²) in [5, 5.41) is 4.05. The number of aliphatic imine (C=N–C) groups is 1. The van der Waals surface area contributed by atoms with Crippen LogP contribution in [0.4, 0.5) is 0 Å². The van der Waals surface area contributed by atoms with Crippen molar-refractivity contribution in [2.75, 3.05) is 39.9 Å². The van der Waals surface area contributed by atoms with Crippen LogP contribution in [-0.4, -0.2) is 56.7 Å². The molecule has 0 aromatic heterocycles. The van der Waals surface area contributed by atoms with E-state index in [1.165, 1.54) is 0 Å². The second kappa shape index (κ2) is 11.0. The smallest absolute Gasteiger partial charge is 0.309 e. The molecule has 27 heavy (non-hydrogen) atoms. The molecule has 0 amide bonds. The zero-order valence-electron chi connectivity index (χ0n) is 16.5. The van der Waals surface area contributed by atoms with Crippen molar-refractivity contribution in [1.29, 1.82) is 0 Å². The Morgan fingerprint density at radius 1 is 1.33 bits per heavy atom. The first-order valence-electron chi connectivity index (χ1n) is 9.61. The summed E-state index contributed by atoms with van der Waals surface area (Å²) in [5.74, 6) is 1.57. The molecule has 1 saturated heterocycles. The third-order valence-electron chi connectivity index (χ3n) is 4.65. The van der Waals surface area contributed by atoms with Crippen molar-refractivity contribution >= 4 is 23.5 Å². The lowest BCUT2D eigenvalue weighted by Gasteiger charge is -2.33. The fourth-order valence-electron chi connectivity index (χ4n) is 3.15. The first kappa shape index (κ1) is 21.4. The van der Waals surface area contributed by atoms with Gasteiger partial charge in [-0.15, -0.1) is 0 Å². The van der Waals surface area contributed by atoms with E-state index in [2.05, 4.69) is 17.1 Å². The van der Waals surface area contributed by atoms with Crippen molar-refractivity contribution in [3.05, 3.63) is 28.8 Å². The molecule has 1 heterocycles. The molecule has 1 aromatic rings. The number of carbonyl (C=O) groups is 1. The quantitative estimate of drug-likeness (QED) is 0.436. The molecule has 0 unspecified atom stereocenters. The van der Waals surface area contributed by atoms with Gasteiger partial charge in [0.15, 0.2) is 5.96 Å². The second-order valence-electron chi connectivity index (χ2n) is 6.46. The van der Waals surface area contributed by atoms with Gasteiger partial charge in [0.05, 0.1) is 19.6 Å². The molecule has 0 aliphatic carbocycles. The molecule has 1 aliphatic heterocycles. The number of hydrogen-bond donors (Lipinski definition) is 1. The van der Waals surface area contributed by atoms with Gasteiger partial charge >= 0.3 is 5.97 Å². The number of nitrogens with zero attached hydrogens (tertiary/aromatic N) is 2. The van der Waals surface area contributed by atoms with E-state index in [-0.39, 0.29) is 11.9 Å². The van der Waals surface area contributed by atoms with E-state index in [4.69, 9.17) is 26.1 Å². The molecule has 6 nitrogen and oxygen atoms in total. The minimum Gasteiger partial charge on any atom is -0.497 e. The molecule has 0 radical (unpaired) electrons. The summed E-state index contributed by atoms with van der Waals surface area (Å²) in [5.41, 5.74) is 1.05. The summed E-state index contributed by atoms with van der Waals surface area (Å²) in [4.78, 5) is 18.9. The maximum atomic E-state index is 11.9.